The molecule has 0 radical (unpaired) electrons. The lowest BCUT2D eigenvalue weighted by atomic mass is 10.2. The van der Waals surface area contributed by atoms with Crippen molar-refractivity contribution in [2.75, 3.05) is 31.1 Å². The number of anilines is 1. The fraction of sp³-hybridized carbons (Fsp3) is 0.471. The minimum atomic E-state index is -0.546. The zero-order chi connectivity index (χ0) is 20.2. The number of nitrogens with two attached hydrogens (primary N) is 3. The Bertz CT molecular complexity index is 746. The Balaban J connectivity index is 2.14. The first-order valence-corrected chi connectivity index (χ1v) is 8.51. The minimum absolute atomic E-state index is 0.172. The fourth-order valence-corrected chi connectivity index (χ4v) is 2.59. The molecule has 10 heteroatoms. The van der Waals surface area contributed by atoms with Crippen LogP contribution in [0.25, 0.3) is 0 Å². The molecule has 1 aromatic rings. The predicted molar refractivity (Wildman–Crippen MR) is 104 cm³/mol. The van der Waals surface area contributed by atoms with Crippen LogP contribution in [0.1, 0.15) is 20.8 Å². The van der Waals surface area contributed by atoms with Crippen molar-refractivity contribution in [1.82, 2.24) is 4.90 Å². The number of nitrogens with zero attached hydrogens (tertiary/aromatic N) is 4. The predicted octanol–water partition coefficient (Wildman–Crippen LogP) is 1.10. The third-order valence-electron chi connectivity index (χ3n) is 3.69. The Morgan fingerprint density at radius 1 is 1.15 bits per heavy atom. The summed E-state index contributed by atoms with van der Waals surface area (Å²) in [5, 5.41) is 0. The van der Waals surface area contributed by atoms with Crippen molar-refractivity contribution >= 4 is 29.4 Å². The maximum atomic E-state index is 13.7. The van der Waals surface area contributed by atoms with Gasteiger partial charge in [-0.1, -0.05) is 0 Å². The fourth-order valence-electron chi connectivity index (χ4n) is 2.59. The van der Waals surface area contributed by atoms with Crippen molar-refractivity contribution < 1.29 is 13.9 Å². The number of piperazine rings is 1. The summed E-state index contributed by atoms with van der Waals surface area (Å²) < 4.78 is 19.1. The molecule has 6 N–H and O–H groups in total. The van der Waals surface area contributed by atoms with Gasteiger partial charge in [0.05, 0.1) is 11.4 Å². The van der Waals surface area contributed by atoms with Crippen molar-refractivity contribution in [3.8, 4) is 0 Å². The van der Waals surface area contributed by atoms with Crippen LogP contribution in [0.2, 0.25) is 0 Å². The Morgan fingerprint density at radius 3 is 2.33 bits per heavy atom. The molecule has 0 aromatic heterocycles. The molecule has 2 rings (SSSR count). The number of benzene rings is 1. The lowest BCUT2D eigenvalue weighted by molar-refractivity contribution is 0.0240. The summed E-state index contributed by atoms with van der Waals surface area (Å²) in [5.41, 5.74) is 16.7. The number of hydrogen-bond donors (Lipinski definition) is 3. The van der Waals surface area contributed by atoms with Gasteiger partial charge in [0.2, 0.25) is 5.96 Å². The third-order valence-corrected chi connectivity index (χ3v) is 3.69. The van der Waals surface area contributed by atoms with E-state index in [0.717, 1.165) is 0 Å². The standard InChI is InChI=1S/C17H26FN7O2/c1-17(2,3)27-16(26)25-8-6-24(7-9-25)13-5-4-11(18)10-12(13)22-15(21)23-14(19)20/h4-5,10H,6-9H2,1-3H3,(H6,19,20,21,22,23). The SMILES string of the molecule is CC(C)(C)OC(=O)N1CCN(c2ccc(F)cc2N=C(N)N=C(N)N)CC1. The summed E-state index contributed by atoms with van der Waals surface area (Å²) in [5.74, 6) is -0.864. The molecule has 9 nitrogen and oxygen atoms in total. The second-order valence-corrected chi connectivity index (χ2v) is 7.09. The highest BCUT2D eigenvalue weighted by Gasteiger charge is 2.26. The summed E-state index contributed by atoms with van der Waals surface area (Å²) in [6.07, 6.45) is -0.350. The van der Waals surface area contributed by atoms with Gasteiger partial charge in [0.15, 0.2) is 5.96 Å². The smallest absolute Gasteiger partial charge is 0.410 e. The quantitative estimate of drug-likeness (QED) is 0.520. The van der Waals surface area contributed by atoms with Crippen LogP contribution in [0.15, 0.2) is 28.2 Å². The van der Waals surface area contributed by atoms with E-state index in [9.17, 15) is 9.18 Å². The molecular weight excluding hydrogens is 353 g/mol. The van der Waals surface area contributed by atoms with Crippen molar-refractivity contribution in [2.45, 2.75) is 26.4 Å². The summed E-state index contributed by atoms with van der Waals surface area (Å²) in [6.45, 7) is 7.49. The lowest BCUT2D eigenvalue weighted by Gasteiger charge is -2.37. The second kappa shape index (κ2) is 8.11. The van der Waals surface area contributed by atoms with E-state index in [1.807, 2.05) is 25.7 Å². The molecule has 0 saturated carbocycles. The number of carbonyl (C=O) groups is 1. The molecule has 1 aliphatic rings. The molecule has 0 atom stereocenters. The van der Waals surface area contributed by atoms with Crippen molar-refractivity contribution in [3.63, 3.8) is 0 Å². The van der Waals surface area contributed by atoms with Crippen LogP contribution in [0.4, 0.5) is 20.6 Å². The van der Waals surface area contributed by atoms with Crippen LogP contribution in [0.5, 0.6) is 0 Å². The van der Waals surface area contributed by atoms with E-state index in [-0.39, 0.29) is 18.0 Å². The zero-order valence-electron chi connectivity index (χ0n) is 15.8. The maximum Gasteiger partial charge on any atom is 0.410 e. The molecule has 1 fully saturated rings. The molecule has 27 heavy (non-hydrogen) atoms. The Hall–Kier alpha value is -3.04. The normalized spacial score (nSPS) is 15.5. The second-order valence-electron chi connectivity index (χ2n) is 7.09. The number of aliphatic imine (C=N–C) groups is 2. The van der Waals surface area contributed by atoms with Crippen LogP contribution in [-0.4, -0.2) is 54.7 Å². The largest absolute Gasteiger partial charge is 0.444 e. The van der Waals surface area contributed by atoms with Crippen molar-refractivity contribution in [2.24, 2.45) is 27.2 Å². The third kappa shape index (κ3) is 6.01. The van der Waals surface area contributed by atoms with Gasteiger partial charge >= 0.3 is 6.09 Å². The van der Waals surface area contributed by atoms with Gasteiger partial charge in [-0.2, -0.15) is 4.99 Å². The molecule has 0 spiro atoms. The van der Waals surface area contributed by atoms with Gasteiger partial charge in [-0.15, -0.1) is 0 Å². The van der Waals surface area contributed by atoms with Crippen LogP contribution in [-0.2, 0) is 4.74 Å². The highest BCUT2D eigenvalue weighted by molar-refractivity contribution is 5.94. The van der Waals surface area contributed by atoms with E-state index in [0.29, 0.717) is 37.6 Å². The van der Waals surface area contributed by atoms with Crippen LogP contribution in [0.3, 0.4) is 0 Å². The van der Waals surface area contributed by atoms with Gasteiger partial charge in [0, 0.05) is 32.2 Å². The highest BCUT2D eigenvalue weighted by Crippen LogP contribution is 2.30. The Labute approximate surface area is 157 Å². The maximum absolute atomic E-state index is 13.7. The topological polar surface area (TPSA) is 136 Å². The molecule has 1 aromatic carbocycles. The zero-order valence-corrected chi connectivity index (χ0v) is 15.8. The summed E-state index contributed by atoms with van der Waals surface area (Å²) in [6, 6.07) is 4.20. The van der Waals surface area contributed by atoms with Gasteiger partial charge < -0.3 is 31.7 Å². The Kier molecular flexibility index (Phi) is 6.09. The first-order chi connectivity index (χ1) is 12.5. The molecule has 1 heterocycles. The van der Waals surface area contributed by atoms with Gasteiger partial charge in [-0.25, -0.2) is 14.2 Å². The number of amides is 1. The van der Waals surface area contributed by atoms with Crippen LogP contribution in [0, 0.1) is 5.82 Å². The number of carbonyl (C=O) groups excluding carboxylic acids is 1. The average Bonchev–Trinajstić information content (AvgIpc) is 2.53. The van der Waals surface area contributed by atoms with E-state index in [1.54, 1.807) is 11.0 Å². The molecule has 0 bridgehead atoms. The number of rotatable bonds is 2. The number of halogens is 1. The lowest BCUT2D eigenvalue weighted by Crippen LogP contribution is -2.50. The van der Waals surface area contributed by atoms with E-state index in [2.05, 4.69) is 9.98 Å². The van der Waals surface area contributed by atoms with E-state index in [1.165, 1.54) is 12.1 Å². The van der Waals surface area contributed by atoms with Gasteiger partial charge in [-0.3, -0.25) is 0 Å². The van der Waals surface area contributed by atoms with Crippen LogP contribution >= 0.6 is 0 Å². The van der Waals surface area contributed by atoms with Gasteiger partial charge in [0.25, 0.3) is 0 Å². The molecule has 1 saturated heterocycles. The average molecular weight is 379 g/mol. The first-order valence-electron chi connectivity index (χ1n) is 8.51. The van der Waals surface area contributed by atoms with Crippen molar-refractivity contribution in [3.05, 3.63) is 24.0 Å². The summed E-state index contributed by atoms with van der Waals surface area (Å²) >= 11 is 0. The number of hydrogen-bond acceptors (Lipinski definition) is 4. The van der Waals surface area contributed by atoms with Crippen LogP contribution < -0.4 is 22.1 Å². The monoisotopic (exact) mass is 379 g/mol. The van der Waals surface area contributed by atoms with E-state index >= 15 is 0 Å². The molecule has 1 aliphatic heterocycles. The molecule has 1 amide bonds. The first kappa shape index (κ1) is 20.3. The van der Waals surface area contributed by atoms with Gasteiger partial charge in [-0.05, 0) is 32.9 Å². The molecule has 148 valence electrons. The summed E-state index contributed by atoms with van der Waals surface area (Å²) in [4.78, 5) is 23.5. The molecule has 0 unspecified atom stereocenters. The van der Waals surface area contributed by atoms with Gasteiger partial charge in [0.1, 0.15) is 11.4 Å². The van der Waals surface area contributed by atoms with Crippen molar-refractivity contribution in [1.29, 1.82) is 0 Å². The highest BCUT2D eigenvalue weighted by atomic mass is 19.1. The summed E-state index contributed by atoms with van der Waals surface area (Å²) in [7, 11) is 0. The van der Waals surface area contributed by atoms with E-state index in [4.69, 9.17) is 21.9 Å². The molecular formula is C17H26FN7O2. The number of ether oxygens (including phenoxy) is 1. The molecule has 0 aliphatic carbocycles. The minimum Gasteiger partial charge on any atom is -0.444 e. The Morgan fingerprint density at radius 2 is 1.78 bits per heavy atom. The number of guanidine groups is 2. The van der Waals surface area contributed by atoms with E-state index < -0.39 is 11.4 Å².